The summed E-state index contributed by atoms with van der Waals surface area (Å²) >= 11 is 0. The van der Waals surface area contributed by atoms with Crippen LogP contribution in [0.5, 0.6) is 0 Å². The molecule has 0 atom stereocenters. The van der Waals surface area contributed by atoms with Crippen molar-refractivity contribution >= 4 is 32.4 Å². The molecule has 104 valence electrons. The number of nitriles is 1. The van der Waals surface area contributed by atoms with Gasteiger partial charge in [-0.25, -0.2) is 12.8 Å². The molecular formula is C12H10FN3O3S. The Balaban J connectivity index is 2.49. The second-order valence-corrected chi connectivity index (χ2v) is 5.98. The summed E-state index contributed by atoms with van der Waals surface area (Å²) in [6.45, 7) is 0. The Bertz CT molecular complexity index is 833. The Kier molecular flexibility index (Phi) is 3.46. The molecule has 8 heteroatoms. The summed E-state index contributed by atoms with van der Waals surface area (Å²) in [7, 11) is -3.60. The quantitative estimate of drug-likeness (QED) is 0.839. The lowest BCUT2D eigenvalue weighted by molar-refractivity contribution is 0.0994. The number of sulfonamides is 1. The smallest absolute Gasteiger partial charge is 0.229 e. The van der Waals surface area contributed by atoms with Gasteiger partial charge in [-0.3, -0.25) is 9.52 Å². The van der Waals surface area contributed by atoms with Crippen molar-refractivity contribution in [3.8, 4) is 6.07 Å². The van der Waals surface area contributed by atoms with E-state index >= 15 is 0 Å². The Hall–Kier alpha value is -2.40. The molecule has 20 heavy (non-hydrogen) atoms. The van der Waals surface area contributed by atoms with E-state index in [2.05, 4.69) is 4.98 Å². The molecule has 6 nitrogen and oxygen atoms in total. The predicted molar refractivity (Wildman–Crippen MR) is 71.3 cm³/mol. The molecule has 2 rings (SSSR count). The number of hydrogen-bond acceptors (Lipinski definition) is 4. The van der Waals surface area contributed by atoms with Gasteiger partial charge < -0.3 is 4.98 Å². The van der Waals surface area contributed by atoms with Gasteiger partial charge in [0.15, 0.2) is 5.78 Å². The van der Waals surface area contributed by atoms with E-state index in [4.69, 9.17) is 5.26 Å². The van der Waals surface area contributed by atoms with Crippen LogP contribution in [0.3, 0.4) is 0 Å². The Morgan fingerprint density at radius 3 is 2.75 bits per heavy atom. The molecule has 0 saturated heterocycles. The molecule has 2 N–H and O–H groups in total. The van der Waals surface area contributed by atoms with E-state index < -0.39 is 21.6 Å². The maximum absolute atomic E-state index is 13.7. The molecule has 2 aromatic rings. The zero-order chi connectivity index (χ0) is 14.9. The number of fused-ring (bicyclic) bond motifs is 1. The van der Waals surface area contributed by atoms with Crippen LogP contribution in [-0.2, 0) is 10.0 Å². The fraction of sp³-hybridized carbons (Fsp3) is 0.167. The lowest BCUT2D eigenvalue weighted by atomic mass is 10.2. The van der Waals surface area contributed by atoms with E-state index in [0.29, 0.717) is 10.9 Å². The maximum Gasteiger partial charge on any atom is 0.229 e. The van der Waals surface area contributed by atoms with Gasteiger partial charge in [0, 0.05) is 10.9 Å². The molecule has 0 amide bonds. The van der Waals surface area contributed by atoms with Crippen molar-refractivity contribution in [2.45, 2.75) is 6.42 Å². The highest BCUT2D eigenvalue weighted by Crippen LogP contribution is 2.24. The van der Waals surface area contributed by atoms with Gasteiger partial charge in [0.2, 0.25) is 10.0 Å². The topological polar surface area (TPSA) is 103 Å². The first kappa shape index (κ1) is 14.0. The van der Waals surface area contributed by atoms with Crippen molar-refractivity contribution < 1.29 is 17.6 Å². The Labute approximate surface area is 114 Å². The lowest BCUT2D eigenvalue weighted by Crippen LogP contribution is -2.10. The minimum atomic E-state index is -3.60. The van der Waals surface area contributed by atoms with E-state index in [-0.39, 0.29) is 17.8 Å². The number of carbonyl (C=O) groups excluding carboxylic acids is 1. The predicted octanol–water partition coefficient (Wildman–Crippen LogP) is 1.77. The highest BCUT2D eigenvalue weighted by Gasteiger charge is 2.13. The third-order valence-electron chi connectivity index (χ3n) is 2.54. The maximum atomic E-state index is 13.7. The molecule has 0 aliphatic carbocycles. The molecule has 0 aliphatic rings. The number of aromatic amines is 1. The van der Waals surface area contributed by atoms with Gasteiger partial charge in [0.1, 0.15) is 12.2 Å². The number of nitrogens with zero attached hydrogens (tertiary/aromatic N) is 1. The average Bonchev–Trinajstić information content (AvgIpc) is 2.71. The summed E-state index contributed by atoms with van der Waals surface area (Å²) in [6.07, 6.45) is 0.622. The summed E-state index contributed by atoms with van der Waals surface area (Å²) in [5.41, 5.74) is 0.373. The summed E-state index contributed by atoms with van der Waals surface area (Å²) in [4.78, 5) is 14.3. The van der Waals surface area contributed by atoms with Crippen LogP contribution in [0.15, 0.2) is 18.2 Å². The lowest BCUT2D eigenvalue weighted by Gasteiger charge is -2.05. The second kappa shape index (κ2) is 4.94. The molecule has 0 spiro atoms. The number of H-pyrrole nitrogens is 1. The van der Waals surface area contributed by atoms with E-state index in [1.165, 1.54) is 12.1 Å². The number of rotatable bonds is 4. The minimum absolute atomic E-state index is 0.178. The van der Waals surface area contributed by atoms with Crippen molar-refractivity contribution in [2.75, 3.05) is 11.0 Å². The standard InChI is InChI=1S/C12H10FN3O3S/c1-20(18,19)16-10-6-9-7(4-8(10)13)5-11(15-9)12(17)2-3-14/h4-6,15-16H,2H2,1H3. The molecule has 1 aromatic carbocycles. The number of benzene rings is 1. The number of ketones is 1. The van der Waals surface area contributed by atoms with Gasteiger partial charge >= 0.3 is 0 Å². The average molecular weight is 295 g/mol. The van der Waals surface area contributed by atoms with Gasteiger partial charge in [-0.05, 0) is 18.2 Å². The third kappa shape index (κ3) is 2.95. The Morgan fingerprint density at radius 1 is 1.45 bits per heavy atom. The molecule has 0 bridgehead atoms. The molecule has 1 heterocycles. The number of anilines is 1. The zero-order valence-corrected chi connectivity index (χ0v) is 11.2. The molecule has 0 fully saturated rings. The van der Waals surface area contributed by atoms with Crippen molar-refractivity contribution in [3.05, 3.63) is 29.7 Å². The number of nitrogens with one attached hydrogen (secondary N) is 2. The van der Waals surface area contributed by atoms with Crippen LogP contribution in [0.1, 0.15) is 16.9 Å². The first-order valence-electron chi connectivity index (χ1n) is 5.50. The van der Waals surface area contributed by atoms with Crippen LogP contribution in [0.2, 0.25) is 0 Å². The number of aromatic nitrogens is 1. The van der Waals surface area contributed by atoms with Crippen molar-refractivity contribution in [1.29, 1.82) is 5.26 Å². The number of Topliss-reactive ketones (excluding diaryl/α,β-unsaturated/α-hetero) is 1. The highest BCUT2D eigenvalue weighted by molar-refractivity contribution is 7.92. The largest absolute Gasteiger partial charge is 0.352 e. The first-order chi connectivity index (χ1) is 9.30. The van der Waals surface area contributed by atoms with Gasteiger partial charge in [-0.1, -0.05) is 0 Å². The zero-order valence-electron chi connectivity index (χ0n) is 10.4. The minimum Gasteiger partial charge on any atom is -0.352 e. The molecule has 0 radical (unpaired) electrons. The van der Waals surface area contributed by atoms with Crippen LogP contribution in [-0.4, -0.2) is 25.4 Å². The molecule has 1 aromatic heterocycles. The van der Waals surface area contributed by atoms with Crippen LogP contribution in [0.25, 0.3) is 10.9 Å². The highest BCUT2D eigenvalue weighted by atomic mass is 32.2. The van der Waals surface area contributed by atoms with E-state index in [0.717, 1.165) is 12.3 Å². The van der Waals surface area contributed by atoms with Crippen LogP contribution >= 0.6 is 0 Å². The van der Waals surface area contributed by atoms with E-state index in [9.17, 15) is 17.6 Å². The molecule has 0 saturated carbocycles. The van der Waals surface area contributed by atoms with Crippen molar-refractivity contribution in [3.63, 3.8) is 0 Å². The first-order valence-corrected chi connectivity index (χ1v) is 7.39. The summed E-state index contributed by atoms with van der Waals surface area (Å²) in [5.74, 6) is -1.16. The fourth-order valence-electron chi connectivity index (χ4n) is 1.75. The van der Waals surface area contributed by atoms with Crippen molar-refractivity contribution in [1.82, 2.24) is 4.98 Å². The van der Waals surface area contributed by atoms with Gasteiger partial charge in [0.05, 0.1) is 23.7 Å². The monoisotopic (exact) mass is 295 g/mol. The SMILES string of the molecule is CS(=O)(=O)Nc1cc2[nH]c(C(=O)CC#N)cc2cc1F. The fourth-order valence-corrected chi connectivity index (χ4v) is 2.30. The van der Waals surface area contributed by atoms with E-state index in [1.54, 1.807) is 6.07 Å². The van der Waals surface area contributed by atoms with Gasteiger partial charge in [-0.15, -0.1) is 0 Å². The van der Waals surface area contributed by atoms with Gasteiger partial charge in [0.25, 0.3) is 0 Å². The number of halogens is 1. The van der Waals surface area contributed by atoms with Crippen molar-refractivity contribution in [2.24, 2.45) is 0 Å². The molecule has 0 unspecified atom stereocenters. The second-order valence-electron chi connectivity index (χ2n) is 4.23. The number of hydrogen-bond donors (Lipinski definition) is 2. The summed E-state index contributed by atoms with van der Waals surface area (Å²) < 4.78 is 38.0. The molecule has 0 aliphatic heterocycles. The van der Waals surface area contributed by atoms with Crippen LogP contribution in [0, 0.1) is 17.1 Å². The summed E-state index contributed by atoms with van der Waals surface area (Å²) in [5, 5.41) is 8.89. The van der Waals surface area contributed by atoms with Gasteiger partial charge in [-0.2, -0.15) is 5.26 Å². The number of carbonyl (C=O) groups is 1. The summed E-state index contributed by atoms with van der Waals surface area (Å²) in [6, 6.07) is 5.52. The normalized spacial score (nSPS) is 11.2. The third-order valence-corrected chi connectivity index (χ3v) is 3.13. The van der Waals surface area contributed by atoms with Crippen LogP contribution < -0.4 is 4.72 Å². The molecular weight excluding hydrogens is 285 g/mol. The van der Waals surface area contributed by atoms with Crippen LogP contribution in [0.4, 0.5) is 10.1 Å². The van der Waals surface area contributed by atoms with E-state index in [1.807, 2.05) is 4.72 Å². The Morgan fingerprint density at radius 2 is 2.15 bits per heavy atom.